The van der Waals surface area contributed by atoms with Crippen molar-refractivity contribution in [1.29, 1.82) is 0 Å². The van der Waals surface area contributed by atoms with Crippen LogP contribution in [-0.2, 0) is 28.1 Å². The summed E-state index contributed by atoms with van der Waals surface area (Å²) in [5.41, 5.74) is 9.22. The van der Waals surface area contributed by atoms with Crippen LogP contribution in [0.25, 0.3) is 33.6 Å². The molecule has 2 aromatic carbocycles. The Bertz CT molecular complexity index is 1560. The summed E-state index contributed by atoms with van der Waals surface area (Å²) in [6.07, 6.45) is 7.48. The van der Waals surface area contributed by atoms with E-state index < -0.39 is 9.84 Å². The number of benzene rings is 2. The first-order valence-corrected chi connectivity index (χ1v) is 14.9. The predicted octanol–water partition coefficient (Wildman–Crippen LogP) is 6.73. The number of hydrogen-bond donors (Lipinski definition) is 1. The van der Waals surface area contributed by atoms with Crippen LogP contribution in [0.3, 0.4) is 0 Å². The van der Waals surface area contributed by atoms with Gasteiger partial charge in [0.2, 0.25) is 0 Å². The molecule has 2 heterocycles. The minimum atomic E-state index is -3.38. The number of fused-ring (bicyclic) bond motifs is 3. The van der Waals surface area contributed by atoms with Gasteiger partial charge in [-0.2, -0.15) is 5.10 Å². The van der Waals surface area contributed by atoms with Gasteiger partial charge >= 0.3 is 0 Å². The fraction of sp³-hybridized carbons (Fsp3) is 0.323. The monoisotopic (exact) mass is 510 g/mol. The number of hydrogen-bond acceptors (Lipinski definition) is 4. The number of nitrogens with one attached hydrogen (secondary N) is 1. The van der Waals surface area contributed by atoms with Crippen molar-refractivity contribution in [1.82, 2.24) is 15.2 Å². The van der Waals surface area contributed by atoms with E-state index in [1.807, 2.05) is 18.2 Å². The maximum absolute atomic E-state index is 12.3. The first-order chi connectivity index (χ1) is 17.7. The van der Waals surface area contributed by atoms with Crippen molar-refractivity contribution in [2.75, 3.05) is 6.26 Å². The molecule has 1 fully saturated rings. The summed E-state index contributed by atoms with van der Waals surface area (Å²) in [4.78, 5) is 5.20. The number of nitrogens with zero attached hydrogens (tertiary/aromatic N) is 2. The average molecular weight is 511 g/mol. The van der Waals surface area contributed by atoms with Gasteiger partial charge in [-0.1, -0.05) is 74.9 Å². The molecule has 2 aliphatic rings. The Morgan fingerprint density at radius 1 is 0.919 bits per heavy atom. The largest absolute Gasteiger partial charge is 0.266 e. The lowest BCUT2D eigenvalue weighted by Gasteiger charge is -2.44. The Kier molecular flexibility index (Phi) is 5.83. The lowest BCUT2D eigenvalue weighted by molar-refractivity contribution is 0.232. The second-order valence-electron chi connectivity index (χ2n) is 11.0. The van der Waals surface area contributed by atoms with Crippen LogP contribution in [0.2, 0.25) is 0 Å². The van der Waals surface area contributed by atoms with Crippen LogP contribution in [0.1, 0.15) is 56.4 Å². The fourth-order valence-electron chi connectivity index (χ4n) is 6.19. The summed E-state index contributed by atoms with van der Waals surface area (Å²) in [5.74, 6) is 1.49. The minimum absolute atomic E-state index is 0.221. The first-order valence-electron chi connectivity index (χ1n) is 13.0. The number of aromatic nitrogens is 3. The highest BCUT2D eigenvalue weighted by atomic mass is 32.2. The molecule has 0 atom stereocenters. The van der Waals surface area contributed by atoms with Gasteiger partial charge in [-0.25, -0.2) is 8.42 Å². The standard InChI is InChI=1S/C31H32N3O2S/c1-20(2)19-31(16-7-17-31)23-12-10-22(11-13-23)28-25(21-8-5-4-6-9-21)18-26-27(32-28)15-14-24-29(26)33-34-30(24)37(3,35)36/h4-6,8-13,18H,7,14-17,19H2,1-3H3,(H,33,34). The lowest BCUT2D eigenvalue weighted by atomic mass is 9.61. The molecule has 1 radical (unpaired) electrons. The zero-order chi connectivity index (χ0) is 25.8. The minimum Gasteiger partial charge on any atom is -0.266 e. The van der Waals surface area contributed by atoms with Crippen LogP contribution in [-0.4, -0.2) is 29.9 Å². The molecule has 0 saturated heterocycles. The number of sulfone groups is 1. The molecule has 6 heteroatoms. The first kappa shape index (κ1) is 24.1. The van der Waals surface area contributed by atoms with Crippen molar-refractivity contribution in [3.8, 4) is 33.6 Å². The molecule has 0 amide bonds. The van der Waals surface area contributed by atoms with E-state index >= 15 is 0 Å². The molecular weight excluding hydrogens is 478 g/mol. The molecule has 0 bridgehead atoms. The van der Waals surface area contributed by atoms with E-state index in [0.29, 0.717) is 18.5 Å². The molecule has 0 aliphatic heterocycles. The van der Waals surface area contributed by atoms with Gasteiger partial charge in [0.1, 0.15) is 0 Å². The second kappa shape index (κ2) is 8.95. The maximum atomic E-state index is 12.3. The highest BCUT2D eigenvalue weighted by Crippen LogP contribution is 2.49. The summed E-state index contributed by atoms with van der Waals surface area (Å²) in [7, 11) is -3.38. The Balaban J connectivity index is 1.47. The third kappa shape index (κ3) is 4.21. The smallest absolute Gasteiger partial charge is 0.192 e. The maximum Gasteiger partial charge on any atom is 0.192 e. The molecule has 2 aromatic heterocycles. The van der Waals surface area contributed by atoms with Crippen LogP contribution in [0.5, 0.6) is 0 Å². The van der Waals surface area contributed by atoms with E-state index in [-0.39, 0.29) is 10.4 Å². The Labute approximate surface area is 219 Å². The molecular formula is C31H32N3O2S. The third-order valence-corrected chi connectivity index (χ3v) is 9.11. The van der Waals surface area contributed by atoms with Crippen molar-refractivity contribution < 1.29 is 8.42 Å². The van der Waals surface area contributed by atoms with E-state index in [9.17, 15) is 8.42 Å². The summed E-state index contributed by atoms with van der Waals surface area (Å²) >= 11 is 0. The van der Waals surface area contributed by atoms with Crippen molar-refractivity contribution >= 4 is 9.84 Å². The Hall–Kier alpha value is -3.25. The van der Waals surface area contributed by atoms with Crippen molar-refractivity contribution in [3.63, 3.8) is 0 Å². The normalized spacial score (nSPS) is 16.2. The van der Waals surface area contributed by atoms with Crippen molar-refractivity contribution in [2.45, 2.75) is 62.8 Å². The van der Waals surface area contributed by atoms with Crippen LogP contribution < -0.4 is 0 Å². The van der Waals surface area contributed by atoms with Gasteiger partial charge in [0, 0.05) is 28.5 Å². The number of H-pyrrole nitrogens is 1. The third-order valence-electron chi connectivity index (χ3n) is 8.03. The van der Waals surface area contributed by atoms with Crippen molar-refractivity contribution in [2.24, 2.45) is 0 Å². The summed E-state index contributed by atoms with van der Waals surface area (Å²) in [5, 5.41) is 7.43. The van der Waals surface area contributed by atoms with Gasteiger partial charge in [-0.15, -0.1) is 0 Å². The fourth-order valence-corrected chi connectivity index (χ4v) is 7.05. The van der Waals surface area contributed by atoms with Crippen LogP contribution in [0.4, 0.5) is 0 Å². The second-order valence-corrected chi connectivity index (χ2v) is 12.9. The molecule has 5 nitrogen and oxygen atoms in total. The number of aryl methyl sites for hydroxylation is 1. The van der Waals surface area contributed by atoms with E-state index in [1.54, 1.807) is 0 Å². The highest BCUT2D eigenvalue weighted by Gasteiger charge is 2.39. The summed E-state index contributed by atoms with van der Waals surface area (Å²) in [6, 6.07) is 21.5. The molecule has 0 spiro atoms. The summed E-state index contributed by atoms with van der Waals surface area (Å²) in [6.45, 7) is 4.47. The van der Waals surface area contributed by atoms with E-state index in [0.717, 1.165) is 45.6 Å². The number of aromatic amines is 1. The van der Waals surface area contributed by atoms with Gasteiger partial charge in [-0.05, 0) is 60.6 Å². The van der Waals surface area contributed by atoms with Gasteiger partial charge in [0.15, 0.2) is 14.9 Å². The molecule has 4 aromatic rings. The van der Waals surface area contributed by atoms with Gasteiger partial charge in [-0.3, -0.25) is 10.1 Å². The average Bonchev–Trinajstić information content (AvgIpc) is 3.31. The zero-order valence-corrected chi connectivity index (χ0v) is 22.5. The predicted molar refractivity (Wildman–Crippen MR) is 148 cm³/mol. The molecule has 1 saturated carbocycles. The van der Waals surface area contributed by atoms with Crippen LogP contribution in [0, 0.1) is 5.92 Å². The lowest BCUT2D eigenvalue weighted by Crippen LogP contribution is -2.35. The van der Waals surface area contributed by atoms with Gasteiger partial charge in [0.25, 0.3) is 0 Å². The topological polar surface area (TPSA) is 75.7 Å². The Morgan fingerprint density at radius 3 is 2.27 bits per heavy atom. The van der Waals surface area contributed by atoms with E-state index in [4.69, 9.17) is 4.98 Å². The van der Waals surface area contributed by atoms with Gasteiger partial charge < -0.3 is 0 Å². The highest BCUT2D eigenvalue weighted by molar-refractivity contribution is 7.90. The molecule has 0 unspecified atom stereocenters. The Morgan fingerprint density at radius 2 is 1.65 bits per heavy atom. The molecule has 6 rings (SSSR count). The van der Waals surface area contributed by atoms with Crippen LogP contribution in [0.15, 0.2) is 65.7 Å². The molecule has 2 aliphatic carbocycles. The molecule has 189 valence electrons. The van der Waals surface area contributed by atoms with E-state index in [1.165, 1.54) is 37.0 Å². The summed E-state index contributed by atoms with van der Waals surface area (Å²) < 4.78 is 24.6. The SMILES string of the molecule is C[C](C)CC1(c2ccc(-c3nc4c(cc3-c3ccccc3)-c3n[nH]c(S(C)(=O)=O)c3CC4)cc2)CCC1. The van der Waals surface area contributed by atoms with Gasteiger partial charge in [0.05, 0.1) is 17.1 Å². The molecule has 1 N–H and O–H groups in total. The van der Waals surface area contributed by atoms with Crippen LogP contribution >= 0.6 is 0 Å². The zero-order valence-electron chi connectivity index (χ0n) is 21.6. The quantitative estimate of drug-likeness (QED) is 0.312. The molecule has 37 heavy (non-hydrogen) atoms. The number of rotatable bonds is 6. The van der Waals surface area contributed by atoms with E-state index in [2.05, 4.69) is 66.5 Å². The number of pyridine rings is 1. The van der Waals surface area contributed by atoms with Crippen molar-refractivity contribution in [3.05, 3.63) is 83.4 Å².